The molecule has 1 aromatic heterocycles. The maximum absolute atomic E-state index is 10.8. The number of carbonyl (C=O) groups is 1. The van der Waals surface area contributed by atoms with Crippen molar-refractivity contribution in [3.05, 3.63) is 18.0 Å². The second-order valence-electron chi connectivity index (χ2n) is 4.90. The highest BCUT2D eigenvalue weighted by Crippen LogP contribution is 2.31. The Kier molecular flexibility index (Phi) is 4.24. The van der Waals surface area contributed by atoms with E-state index in [4.69, 9.17) is 4.74 Å². The predicted molar refractivity (Wildman–Crippen MR) is 79.6 cm³/mol. The Bertz CT molecular complexity index is 606. The smallest absolute Gasteiger partial charge is 0.144 e. The molecule has 1 aromatic carbocycles. The van der Waals surface area contributed by atoms with Crippen LogP contribution in [-0.4, -0.2) is 50.0 Å². The third-order valence-corrected chi connectivity index (χ3v) is 3.12. The van der Waals surface area contributed by atoms with Crippen LogP contribution in [0.15, 0.2) is 12.1 Å². The Hall–Kier alpha value is -2.08. The molecule has 0 fully saturated rings. The minimum absolute atomic E-state index is 0.291. The molecular formula is C14H20N4O2. The highest BCUT2D eigenvalue weighted by Gasteiger charge is 2.13. The Morgan fingerprint density at radius 2 is 2.25 bits per heavy atom. The van der Waals surface area contributed by atoms with Crippen molar-refractivity contribution in [2.24, 2.45) is 0 Å². The molecule has 0 amide bonds. The van der Waals surface area contributed by atoms with Crippen LogP contribution < -0.4 is 15.0 Å². The van der Waals surface area contributed by atoms with Gasteiger partial charge in [0.2, 0.25) is 0 Å². The number of carbonyl (C=O) groups excluding carboxylic acids is 1. The number of fused-ring (bicyclic) bond motifs is 1. The quantitative estimate of drug-likeness (QED) is 0.773. The van der Waals surface area contributed by atoms with Crippen molar-refractivity contribution < 1.29 is 9.53 Å². The number of benzene rings is 1. The van der Waals surface area contributed by atoms with Crippen LogP contribution in [0, 0.1) is 6.92 Å². The number of aromatic amines is 1. The first-order valence-corrected chi connectivity index (χ1v) is 6.48. The molecule has 2 N–H and O–H groups in total. The maximum atomic E-state index is 10.8. The molecule has 0 unspecified atom stereocenters. The van der Waals surface area contributed by atoms with Gasteiger partial charge in [-0.15, -0.1) is 0 Å². The predicted octanol–water partition coefficient (Wildman–Crippen LogP) is 1.10. The topological polar surface area (TPSA) is 70.2 Å². The van der Waals surface area contributed by atoms with Crippen LogP contribution in [0.5, 0.6) is 5.75 Å². The molecule has 0 saturated carbocycles. The number of likely N-dealkylation sites (N-methyl/N-ethyl adjacent to an activating group) is 1. The van der Waals surface area contributed by atoms with Gasteiger partial charge >= 0.3 is 0 Å². The Morgan fingerprint density at radius 1 is 1.50 bits per heavy atom. The fourth-order valence-electron chi connectivity index (χ4n) is 1.99. The van der Waals surface area contributed by atoms with Crippen LogP contribution in [0.25, 0.3) is 11.0 Å². The van der Waals surface area contributed by atoms with Gasteiger partial charge in [-0.05, 0) is 20.0 Å². The standard InChI is InChI=1S/C14H20N4O2/c1-9-16-11-5-13(18(3)4)14(6-12(11)17-9)20-8-10(7-19)15-2/h5-7,10,15H,8H2,1-4H3,(H,16,17)/t10-/m1/s1. The summed E-state index contributed by atoms with van der Waals surface area (Å²) in [6, 6.07) is 3.58. The minimum Gasteiger partial charge on any atom is -0.489 e. The van der Waals surface area contributed by atoms with Crippen molar-refractivity contribution in [1.82, 2.24) is 15.3 Å². The monoisotopic (exact) mass is 276 g/mol. The molecule has 0 spiro atoms. The second kappa shape index (κ2) is 5.92. The van der Waals surface area contributed by atoms with Crippen LogP contribution in [0.1, 0.15) is 5.82 Å². The maximum Gasteiger partial charge on any atom is 0.144 e. The minimum atomic E-state index is -0.316. The summed E-state index contributed by atoms with van der Waals surface area (Å²) in [4.78, 5) is 20.4. The molecule has 1 atom stereocenters. The molecular weight excluding hydrogens is 256 g/mol. The van der Waals surface area contributed by atoms with E-state index in [9.17, 15) is 4.79 Å². The zero-order chi connectivity index (χ0) is 14.7. The van der Waals surface area contributed by atoms with Gasteiger partial charge in [0, 0.05) is 20.2 Å². The van der Waals surface area contributed by atoms with E-state index in [-0.39, 0.29) is 6.04 Å². The molecule has 2 rings (SSSR count). The van der Waals surface area contributed by atoms with Crippen molar-refractivity contribution in [2.45, 2.75) is 13.0 Å². The summed E-state index contributed by atoms with van der Waals surface area (Å²) >= 11 is 0. The van der Waals surface area contributed by atoms with E-state index in [1.807, 2.05) is 38.1 Å². The largest absolute Gasteiger partial charge is 0.489 e. The molecule has 108 valence electrons. The molecule has 1 heterocycles. The highest BCUT2D eigenvalue weighted by atomic mass is 16.5. The number of nitrogens with one attached hydrogen (secondary N) is 2. The van der Waals surface area contributed by atoms with E-state index in [0.717, 1.165) is 34.6 Å². The lowest BCUT2D eigenvalue weighted by molar-refractivity contribution is -0.110. The van der Waals surface area contributed by atoms with E-state index in [1.165, 1.54) is 0 Å². The average Bonchev–Trinajstić information content (AvgIpc) is 2.77. The number of anilines is 1. The second-order valence-corrected chi connectivity index (χ2v) is 4.90. The molecule has 0 aliphatic heterocycles. The van der Waals surface area contributed by atoms with Crippen LogP contribution >= 0.6 is 0 Å². The first-order chi connectivity index (χ1) is 9.55. The number of aryl methyl sites for hydroxylation is 1. The molecule has 6 heteroatoms. The number of aromatic nitrogens is 2. The van der Waals surface area contributed by atoms with Crippen LogP contribution in [-0.2, 0) is 4.79 Å². The number of imidazole rings is 1. The number of hydrogen-bond acceptors (Lipinski definition) is 5. The number of rotatable bonds is 6. The van der Waals surface area contributed by atoms with Crippen molar-refractivity contribution >= 4 is 23.0 Å². The SMILES string of the molecule is CN[C@H](C=O)COc1cc2[nH]c(C)nc2cc1N(C)C. The van der Waals surface area contributed by atoms with E-state index < -0.39 is 0 Å². The Labute approximate surface area is 118 Å². The van der Waals surface area contributed by atoms with Gasteiger partial charge in [0.05, 0.1) is 22.8 Å². The fraction of sp³-hybridized carbons (Fsp3) is 0.429. The number of hydrogen-bond donors (Lipinski definition) is 2. The third-order valence-electron chi connectivity index (χ3n) is 3.12. The zero-order valence-corrected chi connectivity index (χ0v) is 12.2. The molecule has 0 bridgehead atoms. The summed E-state index contributed by atoms with van der Waals surface area (Å²) in [6.07, 6.45) is 0.841. The Morgan fingerprint density at radius 3 is 2.85 bits per heavy atom. The van der Waals surface area contributed by atoms with Gasteiger partial charge < -0.3 is 24.7 Å². The molecule has 2 aromatic rings. The number of H-pyrrole nitrogens is 1. The summed E-state index contributed by atoms with van der Waals surface area (Å²) < 4.78 is 5.78. The molecule has 0 aliphatic carbocycles. The molecule has 0 radical (unpaired) electrons. The molecule has 0 aliphatic rings. The van der Waals surface area contributed by atoms with Gasteiger partial charge in [-0.2, -0.15) is 0 Å². The summed E-state index contributed by atoms with van der Waals surface area (Å²) in [6.45, 7) is 2.21. The van der Waals surface area contributed by atoms with E-state index in [2.05, 4.69) is 15.3 Å². The van der Waals surface area contributed by atoms with Crippen LogP contribution in [0.2, 0.25) is 0 Å². The van der Waals surface area contributed by atoms with Crippen molar-refractivity contribution in [1.29, 1.82) is 0 Å². The lowest BCUT2D eigenvalue weighted by Gasteiger charge is -2.19. The fourth-order valence-corrected chi connectivity index (χ4v) is 1.99. The van der Waals surface area contributed by atoms with Gasteiger partial charge in [0.15, 0.2) is 0 Å². The normalized spacial score (nSPS) is 12.4. The van der Waals surface area contributed by atoms with Gasteiger partial charge in [-0.1, -0.05) is 0 Å². The third kappa shape index (κ3) is 2.91. The van der Waals surface area contributed by atoms with Crippen LogP contribution in [0.4, 0.5) is 5.69 Å². The van der Waals surface area contributed by atoms with E-state index >= 15 is 0 Å². The number of aldehydes is 1. The highest BCUT2D eigenvalue weighted by molar-refractivity contribution is 5.83. The summed E-state index contributed by atoms with van der Waals surface area (Å²) in [7, 11) is 5.63. The molecule has 0 saturated heterocycles. The van der Waals surface area contributed by atoms with Crippen molar-refractivity contribution in [3.63, 3.8) is 0 Å². The van der Waals surface area contributed by atoms with Crippen molar-refractivity contribution in [2.75, 3.05) is 32.6 Å². The molecule has 6 nitrogen and oxygen atoms in total. The first-order valence-electron chi connectivity index (χ1n) is 6.48. The van der Waals surface area contributed by atoms with E-state index in [0.29, 0.717) is 6.61 Å². The van der Waals surface area contributed by atoms with Crippen LogP contribution in [0.3, 0.4) is 0 Å². The van der Waals surface area contributed by atoms with Gasteiger partial charge in [0.1, 0.15) is 24.5 Å². The summed E-state index contributed by atoms with van der Waals surface area (Å²) in [5.41, 5.74) is 2.76. The van der Waals surface area contributed by atoms with Gasteiger partial charge in [-0.25, -0.2) is 4.98 Å². The summed E-state index contributed by atoms with van der Waals surface area (Å²) in [5, 5.41) is 2.89. The zero-order valence-electron chi connectivity index (χ0n) is 12.2. The van der Waals surface area contributed by atoms with E-state index in [1.54, 1.807) is 7.05 Å². The average molecular weight is 276 g/mol. The lowest BCUT2D eigenvalue weighted by Crippen LogP contribution is -2.33. The molecule has 20 heavy (non-hydrogen) atoms. The van der Waals surface area contributed by atoms with Crippen molar-refractivity contribution in [3.8, 4) is 5.75 Å². The lowest BCUT2D eigenvalue weighted by atomic mass is 10.2. The number of ether oxygens (including phenoxy) is 1. The van der Waals surface area contributed by atoms with Gasteiger partial charge in [0.25, 0.3) is 0 Å². The Balaban J connectivity index is 2.33. The van der Waals surface area contributed by atoms with Gasteiger partial charge in [-0.3, -0.25) is 0 Å². The first kappa shape index (κ1) is 14.3. The summed E-state index contributed by atoms with van der Waals surface area (Å²) in [5.74, 6) is 1.59. The number of nitrogens with zero attached hydrogens (tertiary/aromatic N) is 2.